The molecule has 0 unspecified atom stereocenters. The van der Waals surface area contributed by atoms with Crippen LogP contribution in [-0.4, -0.2) is 52.4 Å². The van der Waals surface area contributed by atoms with Crippen molar-refractivity contribution in [3.8, 4) is 11.8 Å². The van der Waals surface area contributed by atoms with E-state index in [-0.39, 0.29) is 5.71 Å². The number of unbranched alkanes of at least 4 members (excludes halogenated alkanes) is 2. The Morgan fingerprint density at radius 3 is 1.30 bits per heavy atom. The lowest BCUT2D eigenvalue weighted by atomic mass is 10.3. The van der Waals surface area contributed by atoms with E-state index in [2.05, 4.69) is 47.0 Å². The summed E-state index contributed by atoms with van der Waals surface area (Å²) in [6.45, 7) is 12.4. The van der Waals surface area contributed by atoms with E-state index in [4.69, 9.17) is 0 Å². The van der Waals surface area contributed by atoms with Crippen LogP contribution in [0.4, 0.5) is 0 Å². The Hall–Kier alpha value is -0.600. The predicted molar refractivity (Wildman–Crippen MR) is 97.5 cm³/mol. The van der Waals surface area contributed by atoms with Crippen molar-refractivity contribution in [1.82, 2.24) is 21.3 Å². The summed E-state index contributed by atoms with van der Waals surface area (Å²) in [5.41, 5.74) is 0. The molecule has 4 heteroatoms. The SMILES string of the molecule is CCNCCCCNCC#CCNCCCCNCC.[HH].[HH].[HH].[HH]. The van der Waals surface area contributed by atoms with E-state index in [0.717, 1.165) is 52.4 Å². The van der Waals surface area contributed by atoms with Gasteiger partial charge in [0.15, 0.2) is 0 Å². The molecule has 0 spiro atoms. The van der Waals surface area contributed by atoms with Gasteiger partial charge in [-0.1, -0.05) is 25.7 Å². The first-order valence-electron chi connectivity index (χ1n) is 8.20. The van der Waals surface area contributed by atoms with Crippen molar-refractivity contribution in [3.63, 3.8) is 0 Å². The van der Waals surface area contributed by atoms with Crippen LogP contribution in [0.25, 0.3) is 0 Å². The minimum absolute atomic E-state index is 0. The topological polar surface area (TPSA) is 48.1 Å². The highest BCUT2D eigenvalue weighted by Gasteiger charge is 1.88. The highest BCUT2D eigenvalue weighted by atomic mass is 14.9. The van der Waals surface area contributed by atoms with Crippen LogP contribution in [0.5, 0.6) is 0 Å². The molecule has 0 radical (unpaired) electrons. The minimum Gasteiger partial charge on any atom is -0.317 e. The highest BCUT2D eigenvalue weighted by molar-refractivity contribution is 5.02. The van der Waals surface area contributed by atoms with Gasteiger partial charge in [-0.2, -0.15) is 0 Å². The monoisotopic (exact) mass is 290 g/mol. The molecule has 0 rings (SSSR count). The summed E-state index contributed by atoms with van der Waals surface area (Å²) in [4.78, 5) is 0. The molecule has 4 N–H and O–H groups in total. The third kappa shape index (κ3) is 17.4. The van der Waals surface area contributed by atoms with Crippen molar-refractivity contribution in [3.05, 3.63) is 0 Å². The summed E-state index contributed by atoms with van der Waals surface area (Å²) in [6.07, 6.45) is 4.92. The van der Waals surface area contributed by atoms with Crippen LogP contribution in [-0.2, 0) is 0 Å². The number of nitrogens with one attached hydrogen (secondary N) is 4. The normalized spacial score (nSPS) is 10.3. The lowest BCUT2D eigenvalue weighted by Crippen LogP contribution is -2.20. The van der Waals surface area contributed by atoms with Gasteiger partial charge in [-0.05, 0) is 65.0 Å². The molecule has 4 nitrogen and oxygen atoms in total. The van der Waals surface area contributed by atoms with Crippen LogP contribution in [0.3, 0.4) is 0 Å². The Kier molecular flexibility index (Phi) is 17.8. The molecule has 0 atom stereocenters. The Bertz CT molecular complexity index is 226. The van der Waals surface area contributed by atoms with Gasteiger partial charge in [-0.3, -0.25) is 0 Å². The number of rotatable bonds is 14. The van der Waals surface area contributed by atoms with Crippen LogP contribution < -0.4 is 21.3 Å². The largest absolute Gasteiger partial charge is 0.317 e. The van der Waals surface area contributed by atoms with Crippen LogP contribution in [0, 0.1) is 11.8 Å². The van der Waals surface area contributed by atoms with Crippen molar-refractivity contribution >= 4 is 0 Å². The van der Waals surface area contributed by atoms with Gasteiger partial charge in [0.25, 0.3) is 0 Å². The highest BCUT2D eigenvalue weighted by Crippen LogP contribution is 1.84. The third-order valence-electron chi connectivity index (χ3n) is 2.97. The van der Waals surface area contributed by atoms with Gasteiger partial charge in [0.1, 0.15) is 0 Å². The molecule has 0 saturated heterocycles. The van der Waals surface area contributed by atoms with Crippen molar-refractivity contribution < 1.29 is 5.71 Å². The maximum atomic E-state index is 3.35. The molecule has 0 aliphatic carbocycles. The molecule has 0 heterocycles. The fourth-order valence-electron chi connectivity index (χ4n) is 1.78. The molecule has 0 fully saturated rings. The molecule has 0 amide bonds. The minimum atomic E-state index is 0. The molecule has 0 saturated carbocycles. The van der Waals surface area contributed by atoms with Gasteiger partial charge in [-0.25, -0.2) is 0 Å². The van der Waals surface area contributed by atoms with Crippen LogP contribution in [0.15, 0.2) is 0 Å². The maximum Gasteiger partial charge on any atom is 0.0577 e. The third-order valence-corrected chi connectivity index (χ3v) is 2.97. The van der Waals surface area contributed by atoms with E-state index in [1.54, 1.807) is 0 Å². The van der Waals surface area contributed by atoms with E-state index >= 15 is 0 Å². The van der Waals surface area contributed by atoms with Crippen LogP contribution in [0.2, 0.25) is 0 Å². The summed E-state index contributed by atoms with van der Waals surface area (Å²) >= 11 is 0. The Balaban J connectivity index is -0.000000301. The molecule has 0 bridgehead atoms. The quantitative estimate of drug-likeness (QED) is 0.292. The van der Waals surface area contributed by atoms with E-state index in [0.29, 0.717) is 0 Å². The second-order valence-electron chi connectivity index (χ2n) is 4.83. The van der Waals surface area contributed by atoms with Crippen molar-refractivity contribution in [2.75, 3.05) is 52.4 Å². The van der Waals surface area contributed by atoms with Gasteiger partial charge < -0.3 is 21.3 Å². The molecule has 126 valence electrons. The first kappa shape index (κ1) is 19.4. The van der Waals surface area contributed by atoms with Crippen LogP contribution in [0.1, 0.15) is 45.2 Å². The second kappa shape index (κ2) is 18.4. The summed E-state index contributed by atoms with van der Waals surface area (Å²) in [6, 6.07) is 0. The van der Waals surface area contributed by atoms with Crippen LogP contribution >= 0.6 is 0 Å². The standard InChI is InChI=1S/C16H34N4.4H2/c1-3-17-11-5-7-13-19-15-9-10-16-20-14-8-6-12-18-4-2;;;;/h17-20H,3-8,11-16H2,1-2H3;4*1H. The zero-order valence-corrected chi connectivity index (χ0v) is 13.5. The number of hydrogen-bond acceptors (Lipinski definition) is 4. The van der Waals surface area contributed by atoms with E-state index in [1.165, 1.54) is 25.7 Å². The molecule has 0 aliphatic rings. The molecule has 0 aliphatic heterocycles. The zero-order valence-electron chi connectivity index (χ0n) is 13.5. The van der Waals surface area contributed by atoms with Crippen molar-refractivity contribution in [2.45, 2.75) is 39.5 Å². The second-order valence-corrected chi connectivity index (χ2v) is 4.83. The molecule has 20 heavy (non-hydrogen) atoms. The number of hydrogen-bond donors (Lipinski definition) is 4. The van der Waals surface area contributed by atoms with Crippen molar-refractivity contribution in [1.29, 1.82) is 0 Å². The average molecular weight is 291 g/mol. The lowest BCUT2D eigenvalue weighted by Gasteiger charge is -2.02. The smallest absolute Gasteiger partial charge is 0.0577 e. The maximum absolute atomic E-state index is 3.35. The zero-order chi connectivity index (χ0) is 14.7. The Labute approximate surface area is 131 Å². The summed E-state index contributed by atoms with van der Waals surface area (Å²) in [7, 11) is 0. The average Bonchev–Trinajstić information content (AvgIpc) is 2.47. The van der Waals surface area contributed by atoms with Gasteiger partial charge in [0, 0.05) is 5.71 Å². The fourth-order valence-corrected chi connectivity index (χ4v) is 1.78. The van der Waals surface area contributed by atoms with Gasteiger partial charge in [0.05, 0.1) is 13.1 Å². The fraction of sp³-hybridized carbons (Fsp3) is 0.875. The van der Waals surface area contributed by atoms with Gasteiger partial charge >= 0.3 is 0 Å². The van der Waals surface area contributed by atoms with Crippen molar-refractivity contribution in [2.24, 2.45) is 0 Å². The molecule has 0 aromatic rings. The first-order chi connectivity index (χ1) is 9.91. The first-order valence-corrected chi connectivity index (χ1v) is 8.20. The van der Waals surface area contributed by atoms with Gasteiger partial charge in [-0.15, -0.1) is 0 Å². The van der Waals surface area contributed by atoms with Gasteiger partial charge in [0.2, 0.25) is 0 Å². The lowest BCUT2D eigenvalue weighted by molar-refractivity contribution is 0.609. The summed E-state index contributed by atoms with van der Waals surface area (Å²) in [5.74, 6) is 6.29. The van der Waals surface area contributed by atoms with E-state index in [9.17, 15) is 0 Å². The van der Waals surface area contributed by atoms with E-state index in [1.807, 2.05) is 0 Å². The summed E-state index contributed by atoms with van der Waals surface area (Å²) < 4.78 is 0. The summed E-state index contributed by atoms with van der Waals surface area (Å²) in [5, 5.41) is 13.4. The molecule has 0 aromatic heterocycles. The Morgan fingerprint density at radius 2 is 0.950 bits per heavy atom. The molecular formula is C16H42N4. The Morgan fingerprint density at radius 1 is 0.600 bits per heavy atom. The predicted octanol–water partition coefficient (Wildman–Crippen LogP) is 1.93. The molecule has 0 aromatic carbocycles. The molecular weight excluding hydrogens is 248 g/mol. The van der Waals surface area contributed by atoms with E-state index < -0.39 is 0 Å².